The molecule has 7 rings (SSSR count). The molecule has 1 amide bonds. The van der Waals surface area contributed by atoms with Crippen LogP contribution in [-0.4, -0.2) is 32.4 Å². The summed E-state index contributed by atoms with van der Waals surface area (Å²) in [4.78, 5) is 24.3. The molecule has 4 aromatic rings. The summed E-state index contributed by atoms with van der Waals surface area (Å²) >= 11 is 0. The van der Waals surface area contributed by atoms with Gasteiger partial charge in [0.25, 0.3) is 5.91 Å². The number of hydrogen-bond donors (Lipinski definition) is 2. The average Bonchev–Trinajstić information content (AvgIpc) is 3.66. The molecular weight excluding hydrogens is 445 g/mol. The van der Waals surface area contributed by atoms with E-state index in [1.165, 1.54) is 12.1 Å². The van der Waals surface area contributed by atoms with Crippen LogP contribution in [0.2, 0.25) is 0 Å². The molecule has 2 aliphatic carbocycles. The summed E-state index contributed by atoms with van der Waals surface area (Å²) in [5.74, 6) is -0.123. The highest BCUT2D eigenvalue weighted by Crippen LogP contribution is 2.60. The van der Waals surface area contributed by atoms with E-state index in [2.05, 4.69) is 25.7 Å². The number of hydrogen-bond acceptors (Lipinski definition) is 5. The number of carbonyl (C=O) groups is 1. The minimum absolute atomic E-state index is 0.115. The van der Waals surface area contributed by atoms with Gasteiger partial charge in [0.2, 0.25) is 5.60 Å². The van der Waals surface area contributed by atoms with Crippen LogP contribution in [0.15, 0.2) is 72.3 Å². The number of fused-ring (bicyclic) bond motifs is 6. The monoisotopic (exact) mass is 467 g/mol. The van der Waals surface area contributed by atoms with Crippen molar-refractivity contribution >= 4 is 28.2 Å². The zero-order valence-electron chi connectivity index (χ0n) is 18.7. The summed E-state index contributed by atoms with van der Waals surface area (Å²) in [7, 11) is 0. The van der Waals surface area contributed by atoms with Crippen molar-refractivity contribution < 1.29 is 14.0 Å². The van der Waals surface area contributed by atoms with Crippen LogP contribution in [0.25, 0.3) is 22.0 Å². The van der Waals surface area contributed by atoms with Gasteiger partial charge >= 0.3 is 0 Å². The molecule has 35 heavy (non-hydrogen) atoms. The van der Waals surface area contributed by atoms with Gasteiger partial charge in [-0.1, -0.05) is 17.3 Å². The summed E-state index contributed by atoms with van der Waals surface area (Å²) in [6.45, 7) is 0. The van der Waals surface area contributed by atoms with E-state index in [1.807, 2.05) is 24.3 Å². The molecule has 4 atom stereocenters. The van der Waals surface area contributed by atoms with Gasteiger partial charge in [0.05, 0.1) is 23.3 Å². The molecule has 1 aliphatic heterocycles. The Bertz CT molecular complexity index is 1500. The number of pyridine rings is 1. The van der Waals surface area contributed by atoms with Gasteiger partial charge in [-0.05, 0) is 67.1 Å². The lowest BCUT2D eigenvalue weighted by molar-refractivity contribution is -0.149. The molecule has 2 fully saturated rings. The fraction of sp³-hybridized carbons (Fsp3) is 0.259. The lowest BCUT2D eigenvalue weighted by Crippen LogP contribution is -2.53. The second-order valence-electron chi connectivity index (χ2n) is 9.70. The highest BCUT2D eigenvalue weighted by molar-refractivity contribution is 6.11. The van der Waals surface area contributed by atoms with Crippen LogP contribution in [0.1, 0.15) is 24.8 Å². The lowest BCUT2D eigenvalue weighted by Gasteiger charge is -2.35. The third-order valence-electron chi connectivity index (χ3n) is 7.87. The topological polar surface area (TPSA) is 92.3 Å². The normalized spacial score (nSPS) is 26.4. The Hall–Kier alpha value is -4.07. The van der Waals surface area contributed by atoms with Crippen LogP contribution in [-0.2, 0) is 9.63 Å². The van der Waals surface area contributed by atoms with Crippen LogP contribution in [0.3, 0.4) is 0 Å². The van der Waals surface area contributed by atoms with Crippen LogP contribution in [0.5, 0.6) is 0 Å². The van der Waals surface area contributed by atoms with Gasteiger partial charge in [-0.3, -0.25) is 14.9 Å². The highest BCUT2D eigenvalue weighted by atomic mass is 19.1. The Kier molecular flexibility index (Phi) is 4.33. The SMILES string of the molecule is O=C(Nc1ccc2[nH]ncc2c1)[C@]12ON=C(c3cncc(-c4ccc(F)cc4)c3)[C@H]1[C@@H]1CC[C@H]2C1. The molecule has 3 aliphatic rings. The van der Waals surface area contributed by atoms with Crippen molar-refractivity contribution in [2.45, 2.75) is 24.9 Å². The molecule has 2 N–H and O–H groups in total. The van der Waals surface area contributed by atoms with E-state index in [0.717, 1.165) is 52.6 Å². The molecule has 0 radical (unpaired) electrons. The predicted molar refractivity (Wildman–Crippen MR) is 129 cm³/mol. The Balaban J connectivity index is 1.22. The molecule has 2 saturated carbocycles. The summed E-state index contributed by atoms with van der Waals surface area (Å²) in [5.41, 5.74) is 3.94. The van der Waals surface area contributed by atoms with E-state index >= 15 is 0 Å². The first-order chi connectivity index (χ1) is 17.1. The third-order valence-corrected chi connectivity index (χ3v) is 7.87. The van der Waals surface area contributed by atoms with E-state index in [0.29, 0.717) is 11.6 Å². The van der Waals surface area contributed by atoms with E-state index in [-0.39, 0.29) is 23.6 Å². The zero-order valence-corrected chi connectivity index (χ0v) is 18.7. The number of H-pyrrole nitrogens is 1. The summed E-state index contributed by atoms with van der Waals surface area (Å²) in [6, 6.07) is 14.0. The van der Waals surface area contributed by atoms with Crippen molar-refractivity contribution in [1.82, 2.24) is 15.2 Å². The molecule has 0 spiro atoms. The number of aromatic nitrogens is 3. The highest BCUT2D eigenvalue weighted by Gasteiger charge is 2.69. The van der Waals surface area contributed by atoms with Crippen LogP contribution >= 0.6 is 0 Å². The molecule has 0 unspecified atom stereocenters. The van der Waals surface area contributed by atoms with Crippen LogP contribution in [0.4, 0.5) is 10.1 Å². The summed E-state index contributed by atoms with van der Waals surface area (Å²) < 4.78 is 13.4. The predicted octanol–water partition coefficient (Wildman–Crippen LogP) is 4.92. The van der Waals surface area contributed by atoms with Gasteiger partial charge in [0.1, 0.15) is 5.82 Å². The molecule has 0 saturated heterocycles. The van der Waals surface area contributed by atoms with Crippen molar-refractivity contribution in [1.29, 1.82) is 0 Å². The Morgan fingerprint density at radius 1 is 1.03 bits per heavy atom. The van der Waals surface area contributed by atoms with Gasteiger partial charge in [0, 0.05) is 40.5 Å². The van der Waals surface area contributed by atoms with Gasteiger partial charge in [-0.2, -0.15) is 5.10 Å². The minimum atomic E-state index is -1.02. The maximum absolute atomic E-state index is 13.8. The lowest BCUT2D eigenvalue weighted by atomic mass is 9.71. The fourth-order valence-electron chi connectivity index (χ4n) is 6.28. The Labute approximate surface area is 200 Å². The number of anilines is 1. The van der Waals surface area contributed by atoms with Crippen LogP contribution in [0, 0.1) is 23.6 Å². The smallest absolute Gasteiger partial charge is 0.272 e. The third kappa shape index (κ3) is 3.02. The molecule has 8 heteroatoms. The maximum atomic E-state index is 13.8. The molecule has 2 aromatic carbocycles. The van der Waals surface area contributed by atoms with Crippen molar-refractivity contribution in [2.24, 2.45) is 22.9 Å². The number of amides is 1. The molecule has 2 bridgehead atoms. The van der Waals surface area contributed by atoms with Gasteiger partial charge in [-0.15, -0.1) is 0 Å². The zero-order chi connectivity index (χ0) is 23.6. The van der Waals surface area contributed by atoms with Crippen molar-refractivity contribution in [3.8, 4) is 11.1 Å². The molecule has 2 aromatic heterocycles. The Morgan fingerprint density at radius 2 is 1.89 bits per heavy atom. The molecular formula is C27H22FN5O2. The van der Waals surface area contributed by atoms with Crippen molar-refractivity contribution in [2.75, 3.05) is 5.32 Å². The minimum Gasteiger partial charge on any atom is -0.378 e. The number of rotatable bonds is 4. The van der Waals surface area contributed by atoms with Gasteiger partial charge in [-0.25, -0.2) is 4.39 Å². The first-order valence-corrected chi connectivity index (χ1v) is 11.8. The average molecular weight is 468 g/mol. The standard InChI is InChI=1S/C27H22FN5O2/c28-21-5-2-15(3-6-21)17-9-19(13-29-12-17)25-24-16-1-4-20(10-16)27(24,35-33-25)26(34)31-22-7-8-23-18(11-22)14-30-32-23/h2-3,5-9,11-14,16,20,24H,1,4,10H2,(H,30,32)(H,31,34)/t16-,20+,24-,27-/m1/s1. The number of oxime groups is 1. The number of nitrogens with one attached hydrogen (secondary N) is 2. The first-order valence-electron chi connectivity index (χ1n) is 11.8. The second-order valence-corrected chi connectivity index (χ2v) is 9.70. The van der Waals surface area contributed by atoms with Gasteiger partial charge < -0.3 is 10.2 Å². The van der Waals surface area contributed by atoms with E-state index < -0.39 is 5.60 Å². The van der Waals surface area contributed by atoms with Gasteiger partial charge in [0.15, 0.2) is 0 Å². The Morgan fingerprint density at radius 3 is 2.77 bits per heavy atom. The number of benzene rings is 2. The van der Waals surface area contributed by atoms with E-state index in [1.54, 1.807) is 30.7 Å². The molecule has 7 nitrogen and oxygen atoms in total. The summed E-state index contributed by atoms with van der Waals surface area (Å²) in [6.07, 6.45) is 8.20. The molecule has 174 valence electrons. The number of carbonyl (C=O) groups excluding carboxylic acids is 1. The number of nitrogens with zero attached hydrogens (tertiary/aromatic N) is 3. The second kappa shape index (κ2) is 7.46. The van der Waals surface area contributed by atoms with E-state index in [9.17, 15) is 9.18 Å². The van der Waals surface area contributed by atoms with Crippen LogP contribution < -0.4 is 5.32 Å². The van der Waals surface area contributed by atoms with Crippen molar-refractivity contribution in [3.63, 3.8) is 0 Å². The quantitative estimate of drug-likeness (QED) is 0.446. The molecule has 3 heterocycles. The number of halogens is 1. The van der Waals surface area contributed by atoms with Crippen molar-refractivity contribution in [3.05, 3.63) is 78.5 Å². The fourth-order valence-corrected chi connectivity index (χ4v) is 6.28. The maximum Gasteiger partial charge on any atom is 0.272 e. The first kappa shape index (κ1) is 20.3. The van der Waals surface area contributed by atoms with E-state index in [4.69, 9.17) is 4.84 Å². The largest absolute Gasteiger partial charge is 0.378 e. The summed E-state index contributed by atoms with van der Waals surface area (Å²) in [5, 5.41) is 15.5. The number of aromatic amines is 1.